The number of carbonyl (C=O) groups excluding carboxylic acids is 1. The number of methoxy groups -OCH3 is 1. The van der Waals surface area contributed by atoms with Gasteiger partial charge in [0.25, 0.3) is 0 Å². The summed E-state index contributed by atoms with van der Waals surface area (Å²) in [7, 11) is 1.74. The molecule has 2 heteroatoms. The first-order valence-electron chi connectivity index (χ1n) is 7.67. The zero-order chi connectivity index (χ0) is 13.2. The third-order valence-electron chi connectivity index (χ3n) is 5.23. The lowest BCUT2D eigenvalue weighted by molar-refractivity contribution is -0.152. The minimum Gasteiger partial charge on any atom is -0.370 e. The average Bonchev–Trinajstić information content (AvgIpc) is 2.39. The number of rotatable bonds is 3. The highest BCUT2D eigenvalue weighted by Crippen LogP contribution is 2.40. The van der Waals surface area contributed by atoms with Gasteiger partial charge in [0.05, 0.1) is 0 Å². The van der Waals surface area contributed by atoms with Gasteiger partial charge in [-0.3, -0.25) is 4.79 Å². The second-order valence-electron chi connectivity index (χ2n) is 6.71. The Labute approximate surface area is 111 Å². The van der Waals surface area contributed by atoms with Crippen molar-refractivity contribution in [3.8, 4) is 0 Å². The predicted octanol–water partition coefficient (Wildman–Crippen LogP) is 3.98. The minimum absolute atomic E-state index is 0.266. The highest BCUT2D eigenvalue weighted by molar-refractivity contribution is 5.89. The van der Waals surface area contributed by atoms with E-state index in [0.717, 1.165) is 44.4 Å². The van der Waals surface area contributed by atoms with Crippen LogP contribution >= 0.6 is 0 Å². The van der Waals surface area contributed by atoms with E-state index in [1.54, 1.807) is 7.11 Å². The lowest BCUT2D eigenvalue weighted by atomic mass is 9.70. The lowest BCUT2D eigenvalue weighted by Crippen LogP contribution is -2.47. The zero-order valence-corrected chi connectivity index (χ0v) is 12.2. The third kappa shape index (κ3) is 2.79. The predicted molar refractivity (Wildman–Crippen MR) is 73.5 cm³/mol. The Morgan fingerprint density at radius 2 is 1.72 bits per heavy atom. The molecule has 0 saturated heterocycles. The van der Waals surface area contributed by atoms with E-state index in [1.807, 2.05) is 0 Å². The molecule has 2 rings (SSSR count). The summed E-state index contributed by atoms with van der Waals surface area (Å²) >= 11 is 0. The van der Waals surface area contributed by atoms with Crippen LogP contribution in [0.2, 0.25) is 0 Å². The summed E-state index contributed by atoms with van der Waals surface area (Å²) in [6, 6.07) is 0. The van der Waals surface area contributed by atoms with E-state index in [4.69, 9.17) is 4.74 Å². The standard InChI is InChI=1S/C16H28O2/c1-12-7-9-16(18-3,10-8-12)15(17)14-6-4-5-13(2)11-14/h12-14H,4-11H2,1-3H3. The van der Waals surface area contributed by atoms with Crippen molar-refractivity contribution in [2.75, 3.05) is 7.11 Å². The molecule has 2 aliphatic carbocycles. The van der Waals surface area contributed by atoms with E-state index in [9.17, 15) is 4.79 Å². The molecule has 0 bridgehead atoms. The van der Waals surface area contributed by atoms with Gasteiger partial charge in [0.1, 0.15) is 5.60 Å². The minimum atomic E-state index is -0.436. The Morgan fingerprint density at radius 3 is 2.28 bits per heavy atom. The molecule has 2 fully saturated rings. The largest absolute Gasteiger partial charge is 0.370 e. The molecule has 2 saturated carbocycles. The molecule has 0 aliphatic heterocycles. The summed E-state index contributed by atoms with van der Waals surface area (Å²) in [5.41, 5.74) is -0.436. The van der Waals surface area contributed by atoms with E-state index >= 15 is 0 Å². The molecule has 2 aliphatic rings. The quantitative estimate of drug-likeness (QED) is 0.759. The molecule has 104 valence electrons. The van der Waals surface area contributed by atoms with Crippen LogP contribution in [0.5, 0.6) is 0 Å². The monoisotopic (exact) mass is 252 g/mol. The smallest absolute Gasteiger partial charge is 0.167 e. The topological polar surface area (TPSA) is 26.3 Å². The van der Waals surface area contributed by atoms with Crippen molar-refractivity contribution < 1.29 is 9.53 Å². The van der Waals surface area contributed by atoms with Crippen LogP contribution in [0, 0.1) is 17.8 Å². The summed E-state index contributed by atoms with van der Waals surface area (Å²) in [6.07, 6.45) is 8.84. The van der Waals surface area contributed by atoms with Crippen molar-refractivity contribution in [2.45, 2.75) is 70.8 Å². The number of ether oxygens (including phenoxy) is 1. The van der Waals surface area contributed by atoms with Crippen LogP contribution in [0.15, 0.2) is 0 Å². The van der Waals surface area contributed by atoms with Crippen molar-refractivity contribution in [3.05, 3.63) is 0 Å². The fourth-order valence-corrected chi connectivity index (χ4v) is 3.82. The molecule has 0 aromatic rings. The second kappa shape index (κ2) is 5.73. The molecule has 2 atom stereocenters. The fourth-order valence-electron chi connectivity index (χ4n) is 3.82. The van der Waals surface area contributed by atoms with Crippen molar-refractivity contribution >= 4 is 5.78 Å². The van der Waals surface area contributed by atoms with Gasteiger partial charge in [-0.25, -0.2) is 0 Å². The molecule has 2 unspecified atom stereocenters. The number of hydrogen-bond donors (Lipinski definition) is 0. The maximum atomic E-state index is 12.8. The molecule has 0 aromatic carbocycles. The Balaban J connectivity index is 2.05. The Bertz CT molecular complexity index is 289. The van der Waals surface area contributed by atoms with Gasteiger partial charge in [-0.2, -0.15) is 0 Å². The van der Waals surface area contributed by atoms with Crippen LogP contribution in [-0.4, -0.2) is 18.5 Å². The van der Waals surface area contributed by atoms with Gasteiger partial charge >= 0.3 is 0 Å². The van der Waals surface area contributed by atoms with Gasteiger partial charge in [-0.1, -0.05) is 26.7 Å². The van der Waals surface area contributed by atoms with Gasteiger partial charge in [0, 0.05) is 13.0 Å². The van der Waals surface area contributed by atoms with Crippen molar-refractivity contribution in [1.29, 1.82) is 0 Å². The average molecular weight is 252 g/mol. The molecule has 0 spiro atoms. The third-order valence-corrected chi connectivity index (χ3v) is 5.23. The first kappa shape index (κ1) is 14.0. The van der Waals surface area contributed by atoms with Gasteiger partial charge in [-0.05, 0) is 50.4 Å². The molecule has 2 nitrogen and oxygen atoms in total. The maximum absolute atomic E-state index is 12.8. The van der Waals surface area contributed by atoms with E-state index < -0.39 is 5.60 Å². The van der Waals surface area contributed by atoms with E-state index in [2.05, 4.69) is 13.8 Å². The Hall–Kier alpha value is -0.370. The summed E-state index contributed by atoms with van der Waals surface area (Å²) in [5, 5.41) is 0. The maximum Gasteiger partial charge on any atom is 0.167 e. The molecule has 0 radical (unpaired) electrons. The highest BCUT2D eigenvalue weighted by Gasteiger charge is 2.44. The molecular formula is C16H28O2. The van der Waals surface area contributed by atoms with Crippen molar-refractivity contribution in [3.63, 3.8) is 0 Å². The van der Waals surface area contributed by atoms with Crippen LogP contribution in [0.25, 0.3) is 0 Å². The summed E-state index contributed by atoms with van der Waals surface area (Å²) in [4.78, 5) is 12.8. The van der Waals surface area contributed by atoms with Gasteiger partial charge in [0.2, 0.25) is 0 Å². The SMILES string of the molecule is COC1(C(=O)C2CCCC(C)C2)CCC(C)CC1. The summed E-state index contributed by atoms with van der Waals surface area (Å²) in [5.74, 6) is 2.15. The zero-order valence-electron chi connectivity index (χ0n) is 12.2. The van der Waals surface area contributed by atoms with Crippen LogP contribution in [0.3, 0.4) is 0 Å². The Kier molecular flexibility index (Phi) is 4.47. The molecule has 0 heterocycles. The lowest BCUT2D eigenvalue weighted by Gasteiger charge is -2.40. The molecule has 0 amide bonds. The molecule has 18 heavy (non-hydrogen) atoms. The van der Waals surface area contributed by atoms with E-state index in [-0.39, 0.29) is 5.92 Å². The van der Waals surface area contributed by atoms with Crippen molar-refractivity contribution in [1.82, 2.24) is 0 Å². The van der Waals surface area contributed by atoms with Gasteiger partial charge in [-0.15, -0.1) is 0 Å². The first-order chi connectivity index (χ1) is 8.57. The summed E-state index contributed by atoms with van der Waals surface area (Å²) < 4.78 is 5.73. The van der Waals surface area contributed by atoms with E-state index in [1.165, 1.54) is 12.8 Å². The van der Waals surface area contributed by atoms with Crippen molar-refractivity contribution in [2.24, 2.45) is 17.8 Å². The highest BCUT2D eigenvalue weighted by atomic mass is 16.5. The first-order valence-corrected chi connectivity index (χ1v) is 7.67. The Morgan fingerprint density at radius 1 is 1.06 bits per heavy atom. The molecular weight excluding hydrogens is 224 g/mol. The number of Topliss-reactive ketones (excluding diaryl/α,β-unsaturated/α-hetero) is 1. The number of ketones is 1. The van der Waals surface area contributed by atoms with Crippen LogP contribution in [0.4, 0.5) is 0 Å². The van der Waals surface area contributed by atoms with Gasteiger partial charge in [0.15, 0.2) is 5.78 Å². The van der Waals surface area contributed by atoms with E-state index in [0.29, 0.717) is 11.7 Å². The fraction of sp³-hybridized carbons (Fsp3) is 0.938. The van der Waals surface area contributed by atoms with Gasteiger partial charge < -0.3 is 4.74 Å². The number of carbonyl (C=O) groups is 1. The number of hydrogen-bond acceptors (Lipinski definition) is 2. The summed E-state index contributed by atoms with van der Waals surface area (Å²) in [6.45, 7) is 4.56. The normalized spacial score (nSPS) is 41.6. The molecule has 0 aromatic heterocycles. The van der Waals surface area contributed by atoms with Crippen LogP contribution in [-0.2, 0) is 9.53 Å². The second-order valence-corrected chi connectivity index (χ2v) is 6.71. The van der Waals surface area contributed by atoms with Crippen LogP contribution in [0.1, 0.15) is 65.2 Å². The van der Waals surface area contributed by atoms with Crippen LogP contribution < -0.4 is 0 Å². The molecule has 0 N–H and O–H groups in total.